The van der Waals surface area contributed by atoms with Crippen LogP contribution in [0.1, 0.15) is 39.9 Å². The monoisotopic (exact) mass is 442 g/mol. The van der Waals surface area contributed by atoms with Gasteiger partial charge in [0.25, 0.3) is 5.91 Å². The van der Waals surface area contributed by atoms with Crippen molar-refractivity contribution in [1.29, 1.82) is 5.26 Å². The first-order chi connectivity index (χ1) is 15.6. The average molecular weight is 443 g/mol. The Morgan fingerprint density at radius 1 is 1.09 bits per heavy atom. The largest absolute Gasteiger partial charge is 0.465 e. The molecule has 0 fully saturated rings. The van der Waals surface area contributed by atoms with Gasteiger partial charge in [-0.15, -0.1) is 11.3 Å². The molecule has 2 aromatic carbocycles. The van der Waals surface area contributed by atoms with Gasteiger partial charge in [-0.05, 0) is 54.0 Å². The zero-order valence-corrected chi connectivity index (χ0v) is 18.5. The highest BCUT2D eigenvalue weighted by Crippen LogP contribution is 2.38. The second-order valence-corrected chi connectivity index (χ2v) is 8.45. The Bertz CT molecular complexity index is 1240. The summed E-state index contributed by atoms with van der Waals surface area (Å²) in [4.78, 5) is 25.4. The Morgan fingerprint density at radius 3 is 2.56 bits per heavy atom. The number of methoxy groups -OCH3 is 1. The maximum Gasteiger partial charge on any atom is 0.341 e. The van der Waals surface area contributed by atoms with Crippen LogP contribution in [0.2, 0.25) is 0 Å². The molecule has 0 saturated heterocycles. The minimum Gasteiger partial charge on any atom is -0.465 e. The second-order valence-electron chi connectivity index (χ2n) is 7.57. The van der Waals surface area contributed by atoms with E-state index >= 15 is 0 Å². The highest BCUT2D eigenvalue weighted by Gasteiger charge is 2.24. The molecule has 0 atom stereocenters. The minimum absolute atomic E-state index is 0.0456. The van der Waals surface area contributed by atoms with Crippen molar-refractivity contribution in [3.63, 3.8) is 0 Å². The van der Waals surface area contributed by atoms with Gasteiger partial charge in [0.1, 0.15) is 22.2 Å². The van der Waals surface area contributed by atoms with E-state index in [1.165, 1.54) is 42.1 Å². The molecule has 0 bridgehead atoms. The van der Waals surface area contributed by atoms with Crippen molar-refractivity contribution in [1.82, 2.24) is 0 Å². The van der Waals surface area contributed by atoms with E-state index in [1.807, 2.05) is 47.8 Å². The number of nitrogens with one attached hydrogen (secondary N) is 1. The Morgan fingerprint density at radius 2 is 1.84 bits per heavy atom. The smallest absolute Gasteiger partial charge is 0.341 e. The van der Waals surface area contributed by atoms with Crippen LogP contribution in [-0.4, -0.2) is 19.0 Å². The first-order valence-electron chi connectivity index (χ1n) is 10.4. The van der Waals surface area contributed by atoms with E-state index in [0.29, 0.717) is 10.6 Å². The molecular formula is C26H22N2O3S. The van der Waals surface area contributed by atoms with Crippen molar-refractivity contribution in [2.45, 2.75) is 25.7 Å². The fourth-order valence-electron chi connectivity index (χ4n) is 3.90. The van der Waals surface area contributed by atoms with E-state index in [4.69, 9.17) is 4.74 Å². The lowest BCUT2D eigenvalue weighted by Crippen LogP contribution is -2.15. The second kappa shape index (κ2) is 9.63. The Hall–Kier alpha value is -3.69. The number of rotatable bonds is 5. The number of aryl methyl sites for hydroxylation is 2. The molecule has 160 valence electrons. The van der Waals surface area contributed by atoms with Crippen LogP contribution in [0.4, 0.5) is 5.00 Å². The highest BCUT2D eigenvalue weighted by atomic mass is 32.1. The van der Waals surface area contributed by atoms with E-state index in [0.717, 1.165) is 36.0 Å². The summed E-state index contributed by atoms with van der Waals surface area (Å²) in [5.74, 6) is -1.10. The SMILES string of the molecule is COC(=O)c1c(-c2ccc3c(c2)CCCC3)csc1NC(=O)/C(C#N)=C/c1ccccc1. The molecule has 0 saturated carbocycles. The van der Waals surface area contributed by atoms with Crippen molar-refractivity contribution < 1.29 is 14.3 Å². The summed E-state index contributed by atoms with van der Waals surface area (Å²) in [6, 6.07) is 17.4. The summed E-state index contributed by atoms with van der Waals surface area (Å²) in [6.07, 6.45) is 5.99. The van der Waals surface area contributed by atoms with E-state index in [2.05, 4.69) is 17.4 Å². The molecule has 4 rings (SSSR count). The van der Waals surface area contributed by atoms with Crippen molar-refractivity contribution in [2.24, 2.45) is 0 Å². The maximum absolute atomic E-state index is 12.8. The number of benzene rings is 2. The van der Waals surface area contributed by atoms with Gasteiger partial charge in [0, 0.05) is 10.9 Å². The molecule has 5 nitrogen and oxygen atoms in total. The first kappa shape index (κ1) is 21.5. The van der Waals surface area contributed by atoms with Crippen LogP contribution in [-0.2, 0) is 22.4 Å². The first-order valence-corrected chi connectivity index (χ1v) is 11.3. The van der Waals surface area contributed by atoms with Crippen molar-refractivity contribution in [2.75, 3.05) is 12.4 Å². The lowest BCUT2D eigenvalue weighted by molar-refractivity contribution is -0.112. The van der Waals surface area contributed by atoms with Crippen LogP contribution in [0, 0.1) is 11.3 Å². The maximum atomic E-state index is 12.8. The molecule has 0 aliphatic heterocycles. The molecule has 0 spiro atoms. The quantitative estimate of drug-likeness (QED) is 0.316. The lowest BCUT2D eigenvalue weighted by Gasteiger charge is -2.16. The van der Waals surface area contributed by atoms with Gasteiger partial charge in [-0.3, -0.25) is 4.79 Å². The van der Waals surface area contributed by atoms with E-state index in [9.17, 15) is 14.9 Å². The van der Waals surface area contributed by atoms with E-state index in [-0.39, 0.29) is 5.57 Å². The molecule has 6 heteroatoms. The summed E-state index contributed by atoms with van der Waals surface area (Å²) < 4.78 is 5.01. The Labute approximate surface area is 191 Å². The average Bonchev–Trinajstić information content (AvgIpc) is 3.25. The number of esters is 1. The molecule has 3 aromatic rings. The number of amides is 1. The van der Waals surface area contributed by atoms with Crippen molar-refractivity contribution in [3.05, 3.63) is 81.7 Å². The number of thiophene rings is 1. The molecule has 0 unspecified atom stereocenters. The standard InChI is InChI=1S/C26H22N2O3S/c1-31-26(30)23-22(20-12-11-18-9-5-6-10-19(18)14-20)16-32-25(23)28-24(29)21(15-27)13-17-7-3-2-4-8-17/h2-4,7-8,11-14,16H,5-6,9-10H2,1H3,(H,28,29)/b21-13+. The Balaban J connectivity index is 1.67. The third-order valence-electron chi connectivity index (χ3n) is 5.54. The normalized spacial score (nSPS) is 13.1. The van der Waals surface area contributed by atoms with Crippen molar-refractivity contribution in [3.8, 4) is 17.2 Å². The number of hydrogen-bond donors (Lipinski definition) is 1. The van der Waals surface area contributed by atoms with Crippen LogP contribution in [0.15, 0.2) is 59.5 Å². The summed E-state index contributed by atoms with van der Waals surface area (Å²) in [6.45, 7) is 0. The number of nitrogens with zero attached hydrogens (tertiary/aromatic N) is 1. The zero-order chi connectivity index (χ0) is 22.5. The van der Waals surface area contributed by atoms with Crippen LogP contribution in [0.25, 0.3) is 17.2 Å². The minimum atomic E-state index is -0.569. The van der Waals surface area contributed by atoms with Gasteiger partial charge in [-0.25, -0.2) is 4.79 Å². The molecule has 1 aliphatic rings. The van der Waals surface area contributed by atoms with Gasteiger partial charge in [0.15, 0.2) is 0 Å². The van der Waals surface area contributed by atoms with Crippen LogP contribution in [0.3, 0.4) is 0 Å². The molecule has 1 aliphatic carbocycles. The number of ether oxygens (including phenoxy) is 1. The molecule has 1 aromatic heterocycles. The van der Waals surface area contributed by atoms with Gasteiger partial charge in [-0.1, -0.05) is 48.5 Å². The summed E-state index contributed by atoms with van der Waals surface area (Å²) in [5, 5.41) is 14.4. The molecular weight excluding hydrogens is 420 g/mol. The molecule has 0 radical (unpaired) electrons. The van der Waals surface area contributed by atoms with Crippen molar-refractivity contribution >= 4 is 34.3 Å². The molecule has 1 amide bonds. The predicted octanol–water partition coefficient (Wildman–Crippen LogP) is 5.63. The number of hydrogen-bond acceptors (Lipinski definition) is 5. The fraction of sp³-hybridized carbons (Fsp3) is 0.192. The highest BCUT2D eigenvalue weighted by molar-refractivity contribution is 7.15. The number of anilines is 1. The van der Waals surface area contributed by atoms with Gasteiger partial charge in [0.05, 0.1) is 7.11 Å². The summed E-state index contributed by atoms with van der Waals surface area (Å²) in [7, 11) is 1.32. The summed E-state index contributed by atoms with van der Waals surface area (Å²) in [5.41, 5.74) is 5.30. The number of carbonyl (C=O) groups is 2. The van der Waals surface area contributed by atoms with E-state index in [1.54, 1.807) is 0 Å². The van der Waals surface area contributed by atoms with Crippen LogP contribution >= 0.6 is 11.3 Å². The number of carbonyl (C=O) groups excluding carboxylic acids is 2. The number of fused-ring (bicyclic) bond motifs is 1. The summed E-state index contributed by atoms with van der Waals surface area (Å²) >= 11 is 1.25. The van der Waals surface area contributed by atoms with Gasteiger partial charge in [-0.2, -0.15) is 5.26 Å². The van der Waals surface area contributed by atoms with Gasteiger partial charge < -0.3 is 10.1 Å². The van der Waals surface area contributed by atoms with Crippen LogP contribution in [0.5, 0.6) is 0 Å². The van der Waals surface area contributed by atoms with E-state index < -0.39 is 11.9 Å². The number of nitriles is 1. The molecule has 32 heavy (non-hydrogen) atoms. The Kier molecular flexibility index (Phi) is 6.48. The van der Waals surface area contributed by atoms with Gasteiger partial charge in [0.2, 0.25) is 0 Å². The third kappa shape index (κ3) is 4.48. The zero-order valence-electron chi connectivity index (χ0n) is 17.7. The lowest BCUT2D eigenvalue weighted by atomic mass is 9.89. The molecule has 1 N–H and O–H groups in total. The molecule has 1 heterocycles. The predicted molar refractivity (Wildman–Crippen MR) is 126 cm³/mol. The van der Waals surface area contributed by atoms with Crippen LogP contribution < -0.4 is 5.32 Å². The van der Waals surface area contributed by atoms with Gasteiger partial charge >= 0.3 is 5.97 Å². The third-order valence-corrected chi connectivity index (χ3v) is 6.44. The topological polar surface area (TPSA) is 79.2 Å². The fourth-order valence-corrected chi connectivity index (χ4v) is 4.86.